The fraction of sp³-hybridized carbons (Fsp3) is 0.562. The minimum atomic E-state index is -0.318. The van der Waals surface area contributed by atoms with Crippen molar-refractivity contribution in [3.05, 3.63) is 30.1 Å². The van der Waals surface area contributed by atoms with Crippen LogP contribution in [0.15, 0.2) is 24.3 Å². The molecule has 1 saturated heterocycles. The van der Waals surface area contributed by atoms with E-state index in [-0.39, 0.29) is 11.7 Å². The number of fused-ring (bicyclic) bond motifs is 2. The van der Waals surface area contributed by atoms with Gasteiger partial charge < -0.3 is 10.6 Å². The summed E-state index contributed by atoms with van der Waals surface area (Å²) in [6, 6.07) is 6.09. The van der Waals surface area contributed by atoms with Crippen LogP contribution in [0.25, 0.3) is 0 Å². The summed E-state index contributed by atoms with van der Waals surface area (Å²) in [7, 11) is 0. The topological polar surface area (TPSA) is 41.1 Å². The molecule has 1 aromatic carbocycles. The largest absolute Gasteiger partial charge is 0.326 e. The van der Waals surface area contributed by atoms with Gasteiger partial charge in [-0.15, -0.1) is 0 Å². The second-order valence-corrected chi connectivity index (χ2v) is 6.04. The zero-order chi connectivity index (χ0) is 13.9. The Hall–Kier alpha value is -1.42. The highest BCUT2D eigenvalue weighted by Gasteiger charge is 2.37. The van der Waals surface area contributed by atoms with Crippen LogP contribution in [0.3, 0.4) is 0 Å². The molecule has 1 aliphatic heterocycles. The van der Waals surface area contributed by atoms with Gasteiger partial charge in [-0.05, 0) is 61.9 Å². The van der Waals surface area contributed by atoms with Crippen LogP contribution in [0.4, 0.5) is 10.1 Å². The molecule has 2 unspecified atom stereocenters. The molecule has 4 heteroatoms. The van der Waals surface area contributed by atoms with Crippen LogP contribution in [0.5, 0.6) is 0 Å². The van der Waals surface area contributed by atoms with Crippen molar-refractivity contribution in [2.45, 2.75) is 25.7 Å². The Kier molecular flexibility index (Phi) is 4.01. The Bertz CT molecular complexity index is 469. The number of halogens is 1. The molecule has 2 bridgehead atoms. The summed E-state index contributed by atoms with van der Waals surface area (Å²) in [4.78, 5) is 12.2. The standard InChI is InChI=1S/C16H21FN2O/c17-13-5-2-6-14(7-13)19-16(20)8-15-11-3-1-4-12(15)10-18-9-11/h2,5-7,11-12,15,18H,1,3-4,8-10H2,(H,19,20). The van der Waals surface area contributed by atoms with Gasteiger partial charge in [-0.3, -0.25) is 4.79 Å². The molecule has 108 valence electrons. The molecule has 2 atom stereocenters. The SMILES string of the molecule is O=C(CC1C2CCCC1CNC2)Nc1cccc(F)c1. The molecule has 0 aromatic heterocycles. The molecule has 3 rings (SSSR count). The summed E-state index contributed by atoms with van der Waals surface area (Å²) >= 11 is 0. The molecule has 1 saturated carbocycles. The van der Waals surface area contributed by atoms with E-state index in [9.17, 15) is 9.18 Å². The number of hydrogen-bond donors (Lipinski definition) is 2. The summed E-state index contributed by atoms with van der Waals surface area (Å²) in [6.07, 6.45) is 4.30. The van der Waals surface area contributed by atoms with Crippen LogP contribution >= 0.6 is 0 Å². The van der Waals surface area contributed by atoms with E-state index in [2.05, 4.69) is 10.6 Å². The molecule has 1 heterocycles. The number of carbonyl (C=O) groups excluding carboxylic acids is 1. The molecular formula is C16H21FN2O. The molecule has 2 aliphatic rings. The van der Waals surface area contributed by atoms with Gasteiger partial charge in [-0.2, -0.15) is 0 Å². The van der Waals surface area contributed by atoms with Gasteiger partial charge in [0.05, 0.1) is 0 Å². The van der Waals surface area contributed by atoms with Crippen LogP contribution in [0.2, 0.25) is 0 Å². The zero-order valence-corrected chi connectivity index (χ0v) is 11.6. The average Bonchev–Trinajstić information content (AvgIpc) is 2.38. The van der Waals surface area contributed by atoms with Crippen LogP contribution < -0.4 is 10.6 Å². The molecule has 0 radical (unpaired) electrons. The fourth-order valence-electron chi connectivity index (χ4n) is 3.74. The minimum absolute atomic E-state index is 0.0133. The molecule has 20 heavy (non-hydrogen) atoms. The van der Waals surface area contributed by atoms with E-state index in [0.29, 0.717) is 29.9 Å². The van der Waals surface area contributed by atoms with E-state index in [1.165, 1.54) is 31.4 Å². The average molecular weight is 276 g/mol. The third-order valence-corrected chi connectivity index (χ3v) is 4.70. The van der Waals surface area contributed by atoms with Gasteiger partial charge >= 0.3 is 0 Å². The maximum Gasteiger partial charge on any atom is 0.224 e. The van der Waals surface area contributed by atoms with Crippen molar-refractivity contribution in [1.29, 1.82) is 0 Å². The highest BCUT2D eigenvalue weighted by molar-refractivity contribution is 5.90. The second-order valence-electron chi connectivity index (χ2n) is 6.04. The number of piperidine rings is 1. The quantitative estimate of drug-likeness (QED) is 0.891. The van der Waals surface area contributed by atoms with E-state index in [0.717, 1.165) is 13.1 Å². The number of benzene rings is 1. The normalized spacial score (nSPS) is 28.9. The summed E-state index contributed by atoms with van der Waals surface area (Å²) in [6.45, 7) is 2.07. The van der Waals surface area contributed by atoms with Gasteiger partial charge in [-0.1, -0.05) is 12.5 Å². The predicted octanol–water partition coefficient (Wildman–Crippen LogP) is 2.79. The first-order valence-corrected chi connectivity index (χ1v) is 7.48. The fourth-order valence-corrected chi connectivity index (χ4v) is 3.74. The molecule has 0 spiro atoms. The molecular weight excluding hydrogens is 255 g/mol. The van der Waals surface area contributed by atoms with Crippen molar-refractivity contribution in [2.24, 2.45) is 17.8 Å². The number of anilines is 1. The predicted molar refractivity (Wildman–Crippen MR) is 76.8 cm³/mol. The smallest absolute Gasteiger partial charge is 0.224 e. The van der Waals surface area contributed by atoms with Gasteiger partial charge in [0.25, 0.3) is 0 Å². The Morgan fingerprint density at radius 3 is 2.75 bits per heavy atom. The molecule has 2 N–H and O–H groups in total. The van der Waals surface area contributed by atoms with E-state index >= 15 is 0 Å². The third kappa shape index (κ3) is 3.01. The highest BCUT2D eigenvalue weighted by Crippen LogP contribution is 2.39. The number of amides is 1. The summed E-state index contributed by atoms with van der Waals surface area (Å²) < 4.78 is 13.1. The first-order valence-electron chi connectivity index (χ1n) is 7.48. The number of rotatable bonds is 3. The van der Waals surface area contributed by atoms with Crippen molar-refractivity contribution >= 4 is 11.6 Å². The lowest BCUT2D eigenvalue weighted by molar-refractivity contribution is -0.118. The molecule has 2 fully saturated rings. The van der Waals surface area contributed by atoms with Crippen molar-refractivity contribution in [3.8, 4) is 0 Å². The van der Waals surface area contributed by atoms with Gasteiger partial charge in [0.1, 0.15) is 5.82 Å². The Labute approximate surface area is 118 Å². The van der Waals surface area contributed by atoms with Gasteiger partial charge in [-0.25, -0.2) is 4.39 Å². The monoisotopic (exact) mass is 276 g/mol. The second kappa shape index (κ2) is 5.92. The minimum Gasteiger partial charge on any atom is -0.326 e. The maximum atomic E-state index is 13.1. The third-order valence-electron chi connectivity index (χ3n) is 4.70. The van der Waals surface area contributed by atoms with E-state index in [1.54, 1.807) is 12.1 Å². The Morgan fingerprint density at radius 1 is 1.30 bits per heavy atom. The first-order chi connectivity index (χ1) is 9.72. The van der Waals surface area contributed by atoms with Crippen molar-refractivity contribution in [1.82, 2.24) is 5.32 Å². The number of nitrogens with one attached hydrogen (secondary N) is 2. The Morgan fingerprint density at radius 2 is 2.05 bits per heavy atom. The summed E-state index contributed by atoms with van der Waals surface area (Å²) in [5.41, 5.74) is 0.550. The van der Waals surface area contributed by atoms with Crippen LogP contribution in [0.1, 0.15) is 25.7 Å². The molecule has 1 aromatic rings. The van der Waals surface area contributed by atoms with Crippen LogP contribution in [-0.2, 0) is 4.79 Å². The van der Waals surface area contributed by atoms with Gasteiger partial charge in [0.15, 0.2) is 0 Å². The van der Waals surface area contributed by atoms with E-state index < -0.39 is 0 Å². The summed E-state index contributed by atoms with van der Waals surface area (Å²) in [5, 5.41) is 6.29. The first kappa shape index (κ1) is 13.6. The van der Waals surface area contributed by atoms with Gasteiger partial charge in [0, 0.05) is 12.1 Å². The Balaban J connectivity index is 1.61. The maximum absolute atomic E-state index is 13.1. The van der Waals surface area contributed by atoms with Crippen molar-refractivity contribution < 1.29 is 9.18 Å². The highest BCUT2D eigenvalue weighted by atomic mass is 19.1. The van der Waals surface area contributed by atoms with Crippen LogP contribution in [-0.4, -0.2) is 19.0 Å². The van der Waals surface area contributed by atoms with E-state index in [4.69, 9.17) is 0 Å². The lowest BCUT2D eigenvalue weighted by atomic mass is 9.68. The zero-order valence-electron chi connectivity index (χ0n) is 11.6. The van der Waals surface area contributed by atoms with Crippen molar-refractivity contribution in [3.63, 3.8) is 0 Å². The van der Waals surface area contributed by atoms with Gasteiger partial charge in [0.2, 0.25) is 5.91 Å². The summed E-state index contributed by atoms with van der Waals surface area (Å²) in [5.74, 6) is 1.43. The molecule has 1 amide bonds. The van der Waals surface area contributed by atoms with E-state index in [1.807, 2.05) is 0 Å². The lowest BCUT2D eigenvalue weighted by Gasteiger charge is -2.42. The molecule has 3 nitrogen and oxygen atoms in total. The van der Waals surface area contributed by atoms with Crippen molar-refractivity contribution in [2.75, 3.05) is 18.4 Å². The lowest BCUT2D eigenvalue weighted by Crippen LogP contribution is -2.47. The van der Waals surface area contributed by atoms with Crippen LogP contribution in [0, 0.1) is 23.6 Å². The molecule has 1 aliphatic carbocycles. The number of carbonyl (C=O) groups is 1. The number of hydrogen-bond acceptors (Lipinski definition) is 2.